The van der Waals surface area contributed by atoms with Crippen LogP contribution in [0, 0.1) is 0 Å². The maximum atomic E-state index is 10.2. The third-order valence-electron chi connectivity index (χ3n) is 4.94. The van der Waals surface area contributed by atoms with Crippen LogP contribution in [0.4, 0.5) is 0 Å². The number of allylic oxidation sites excluding steroid dienone is 1. The molecule has 162 valence electrons. The van der Waals surface area contributed by atoms with E-state index in [9.17, 15) is 10.2 Å². The van der Waals surface area contributed by atoms with Crippen LogP contribution in [0.3, 0.4) is 0 Å². The van der Waals surface area contributed by atoms with Gasteiger partial charge < -0.3 is 19.7 Å². The molecule has 4 heteroatoms. The highest BCUT2D eigenvalue weighted by atomic mass is 16.5. The van der Waals surface area contributed by atoms with Gasteiger partial charge in [0, 0.05) is 12.8 Å². The minimum absolute atomic E-state index is 0.211. The maximum Gasteiger partial charge on any atom is 0.119 e. The van der Waals surface area contributed by atoms with Crippen LogP contribution in [0.5, 0.6) is 11.5 Å². The molecule has 0 radical (unpaired) electrons. The summed E-state index contributed by atoms with van der Waals surface area (Å²) in [6, 6.07) is 25.5. The van der Waals surface area contributed by atoms with Crippen LogP contribution >= 0.6 is 0 Å². The first-order valence-electron chi connectivity index (χ1n) is 10.7. The molecule has 0 saturated carbocycles. The summed E-state index contributed by atoms with van der Waals surface area (Å²) in [5.41, 5.74) is 3.06. The van der Waals surface area contributed by atoms with E-state index < -0.39 is 6.10 Å². The zero-order valence-electron chi connectivity index (χ0n) is 17.9. The summed E-state index contributed by atoms with van der Waals surface area (Å²) >= 11 is 0. The van der Waals surface area contributed by atoms with E-state index in [0.717, 1.165) is 35.5 Å². The number of rotatable bonds is 11. The van der Waals surface area contributed by atoms with Gasteiger partial charge >= 0.3 is 0 Å². The molecular formula is C27H30O4. The van der Waals surface area contributed by atoms with Crippen molar-refractivity contribution in [2.45, 2.75) is 38.9 Å². The van der Waals surface area contributed by atoms with Gasteiger partial charge in [0.25, 0.3) is 0 Å². The van der Waals surface area contributed by atoms with Crippen LogP contribution < -0.4 is 9.47 Å². The van der Waals surface area contributed by atoms with Crippen molar-refractivity contribution >= 4 is 0 Å². The van der Waals surface area contributed by atoms with Crippen LogP contribution in [0.15, 0.2) is 90.7 Å². The number of hydrogen-bond acceptors (Lipinski definition) is 4. The van der Waals surface area contributed by atoms with Gasteiger partial charge in [-0.3, -0.25) is 0 Å². The van der Waals surface area contributed by atoms with Gasteiger partial charge in [0.05, 0.1) is 18.5 Å². The zero-order chi connectivity index (χ0) is 21.9. The van der Waals surface area contributed by atoms with Crippen LogP contribution in [-0.4, -0.2) is 16.8 Å². The van der Waals surface area contributed by atoms with Crippen molar-refractivity contribution in [3.05, 3.63) is 107 Å². The average Bonchev–Trinajstić information content (AvgIpc) is 2.80. The molecule has 2 N–H and O–H groups in total. The Bertz CT molecular complexity index is 931. The minimum Gasteiger partial charge on any atom is -0.513 e. The molecule has 0 amide bonds. The fourth-order valence-corrected chi connectivity index (χ4v) is 3.20. The molecule has 0 aliphatic heterocycles. The Morgan fingerprint density at radius 2 is 1.48 bits per heavy atom. The first kappa shape index (κ1) is 22.4. The smallest absolute Gasteiger partial charge is 0.119 e. The summed E-state index contributed by atoms with van der Waals surface area (Å²) in [4.78, 5) is 0. The fourth-order valence-electron chi connectivity index (χ4n) is 3.20. The van der Waals surface area contributed by atoms with Crippen molar-refractivity contribution in [3.63, 3.8) is 0 Å². The van der Waals surface area contributed by atoms with E-state index in [1.165, 1.54) is 5.56 Å². The van der Waals surface area contributed by atoms with Gasteiger partial charge in [-0.25, -0.2) is 0 Å². The molecule has 0 aromatic heterocycles. The monoisotopic (exact) mass is 418 g/mol. The topological polar surface area (TPSA) is 58.9 Å². The van der Waals surface area contributed by atoms with Crippen molar-refractivity contribution in [2.24, 2.45) is 0 Å². The molecule has 3 rings (SSSR count). The number of ether oxygens (including phenoxy) is 2. The van der Waals surface area contributed by atoms with E-state index in [0.29, 0.717) is 13.2 Å². The zero-order valence-corrected chi connectivity index (χ0v) is 17.9. The summed E-state index contributed by atoms with van der Waals surface area (Å²) in [5, 5.41) is 19.9. The Balaban J connectivity index is 1.44. The van der Waals surface area contributed by atoms with Gasteiger partial charge in [0.1, 0.15) is 18.1 Å². The van der Waals surface area contributed by atoms with Crippen molar-refractivity contribution < 1.29 is 19.7 Å². The van der Waals surface area contributed by atoms with Gasteiger partial charge in [-0.1, -0.05) is 61.5 Å². The summed E-state index contributed by atoms with van der Waals surface area (Å²) in [5.74, 6) is 1.79. The second-order valence-corrected chi connectivity index (χ2v) is 7.41. The molecule has 1 unspecified atom stereocenters. The van der Waals surface area contributed by atoms with E-state index in [2.05, 4.69) is 12.1 Å². The molecule has 0 fully saturated rings. The van der Waals surface area contributed by atoms with Gasteiger partial charge in [-0.15, -0.1) is 0 Å². The third-order valence-corrected chi connectivity index (χ3v) is 4.94. The highest BCUT2D eigenvalue weighted by Crippen LogP contribution is 2.23. The van der Waals surface area contributed by atoms with Crippen molar-refractivity contribution in [2.75, 3.05) is 6.61 Å². The van der Waals surface area contributed by atoms with Crippen LogP contribution in [0.2, 0.25) is 0 Å². The number of aliphatic hydroxyl groups excluding tert-OH is 2. The van der Waals surface area contributed by atoms with Gasteiger partial charge in [-0.2, -0.15) is 0 Å². The Hall–Kier alpha value is -3.24. The lowest BCUT2D eigenvalue weighted by Gasteiger charge is -2.12. The van der Waals surface area contributed by atoms with Gasteiger partial charge in [0.15, 0.2) is 0 Å². The first-order valence-corrected chi connectivity index (χ1v) is 10.7. The third kappa shape index (κ3) is 7.50. The lowest BCUT2D eigenvalue weighted by atomic mass is 10.1. The summed E-state index contributed by atoms with van der Waals surface area (Å²) in [6.07, 6.45) is 2.82. The van der Waals surface area contributed by atoms with Crippen LogP contribution in [0.25, 0.3) is 0 Å². The molecule has 3 aromatic rings. The Kier molecular flexibility index (Phi) is 8.56. The summed E-state index contributed by atoms with van der Waals surface area (Å²) in [7, 11) is 0. The van der Waals surface area contributed by atoms with Crippen LogP contribution in [0.1, 0.15) is 42.6 Å². The molecule has 31 heavy (non-hydrogen) atoms. The second kappa shape index (κ2) is 11.8. The molecule has 1 atom stereocenters. The van der Waals surface area contributed by atoms with Crippen molar-refractivity contribution in [3.8, 4) is 11.5 Å². The molecule has 0 spiro atoms. The fraction of sp³-hybridized carbons (Fsp3) is 0.259. The normalized spacial score (nSPS) is 12.4. The summed E-state index contributed by atoms with van der Waals surface area (Å²) < 4.78 is 11.7. The Labute approximate surface area is 184 Å². The number of aliphatic hydroxyl groups is 2. The van der Waals surface area contributed by atoms with E-state index in [1.807, 2.05) is 73.7 Å². The maximum absolute atomic E-state index is 10.2. The quantitative estimate of drug-likeness (QED) is 0.366. The van der Waals surface area contributed by atoms with Gasteiger partial charge in [0.2, 0.25) is 0 Å². The molecule has 0 heterocycles. The lowest BCUT2D eigenvalue weighted by molar-refractivity contribution is 0.160. The SMILES string of the molecule is CC/C=C(/O)CC(O)c1ccc(OCc2ccc(OCCc3ccccc3)cc2)cc1. The molecule has 0 bridgehead atoms. The Morgan fingerprint density at radius 3 is 2.16 bits per heavy atom. The molecule has 3 aromatic carbocycles. The number of hydrogen-bond donors (Lipinski definition) is 2. The van der Waals surface area contributed by atoms with Crippen molar-refractivity contribution in [1.82, 2.24) is 0 Å². The standard InChI is InChI=1S/C27H30O4/c1-2-6-24(28)19-27(29)23-11-15-26(16-12-23)31-20-22-9-13-25(14-10-22)30-18-17-21-7-4-3-5-8-21/h3-16,27-29H,2,17-20H2,1H3/b24-6+. The molecular weight excluding hydrogens is 388 g/mol. The minimum atomic E-state index is -0.730. The van der Waals surface area contributed by atoms with E-state index in [1.54, 1.807) is 6.08 Å². The molecule has 0 aliphatic rings. The van der Waals surface area contributed by atoms with Crippen molar-refractivity contribution in [1.29, 1.82) is 0 Å². The predicted octanol–water partition coefficient (Wildman–Crippen LogP) is 6.16. The molecule has 0 aliphatic carbocycles. The van der Waals surface area contributed by atoms with Gasteiger partial charge in [-0.05, 0) is 53.5 Å². The second-order valence-electron chi connectivity index (χ2n) is 7.41. The average molecular weight is 419 g/mol. The lowest BCUT2D eigenvalue weighted by Crippen LogP contribution is -2.02. The first-order chi connectivity index (χ1) is 15.1. The molecule has 4 nitrogen and oxygen atoms in total. The number of benzene rings is 3. The van der Waals surface area contributed by atoms with Crippen LogP contribution in [-0.2, 0) is 13.0 Å². The van der Waals surface area contributed by atoms with E-state index in [-0.39, 0.29) is 12.2 Å². The molecule has 0 saturated heterocycles. The highest BCUT2D eigenvalue weighted by Gasteiger charge is 2.10. The highest BCUT2D eigenvalue weighted by molar-refractivity contribution is 5.30. The Morgan fingerprint density at radius 1 is 0.839 bits per heavy atom. The van der Waals surface area contributed by atoms with E-state index in [4.69, 9.17) is 9.47 Å². The predicted molar refractivity (Wildman–Crippen MR) is 123 cm³/mol. The largest absolute Gasteiger partial charge is 0.513 e. The van der Waals surface area contributed by atoms with E-state index >= 15 is 0 Å². The summed E-state index contributed by atoms with van der Waals surface area (Å²) in [6.45, 7) is 3.04.